The van der Waals surface area contributed by atoms with Crippen molar-refractivity contribution in [2.75, 3.05) is 0 Å². The van der Waals surface area contributed by atoms with E-state index in [0.29, 0.717) is 0 Å². The molecule has 0 unspecified atom stereocenters. The minimum Gasteiger partial charge on any atom is -0.178 e. The number of halogens is 8. The zero-order chi connectivity index (χ0) is 11.6. The van der Waals surface area contributed by atoms with Crippen LogP contribution < -0.4 is 0 Å². The molecule has 2 nitrogen and oxygen atoms in total. The van der Waals surface area contributed by atoms with Gasteiger partial charge in [-0.2, -0.15) is 30.7 Å². The van der Waals surface area contributed by atoms with Crippen molar-refractivity contribution in [3.05, 3.63) is 0 Å². The summed E-state index contributed by atoms with van der Waals surface area (Å²) in [4.78, 5) is 0. The molecule has 0 atom stereocenters. The van der Waals surface area contributed by atoms with Gasteiger partial charge in [0, 0.05) is 0 Å². The molecule has 0 saturated carbocycles. The highest BCUT2D eigenvalue weighted by molar-refractivity contribution is 6.66. The van der Waals surface area contributed by atoms with Crippen molar-refractivity contribution in [2.24, 2.45) is 10.2 Å². The molecule has 0 aliphatic carbocycles. The molecule has 0 aromatic carbocycles. The van der Waals surface area contributed by atoms with E-state index in [1.165, 1.54) is 0 Å². The first-order chi connectivity index (χ1) is 6.05. The van der Waals surface area contributed by atoms with Gasteiger partial charge in [-0.3, -0.25) is 0 Å². The van der Waals surface area contributed by atoms with Crippen molar-refractivity contribution in [3.63, 3.8) is 0 Å². The van der Waals surface area contributed by atoms with Gasteiger partial charge in [0.2, 0.25) is 5.17 Å². The number of hydrogen-bond acceptors (Lipinski definition) is 2. The van der Waals surface area contributed by atoms with Crippen LogP contribution in [-0.4, -0.2) is 23.5 Å². The van der Waals surface area contributed by atoms with E-state index in [9.17, 15) is 30.7 Å². The molecule has 10 heteroatoms. The summed E-state index contributed by atoms with van der Waals surface area (Å²) >= 11 is 4.33. The molecule has 0 aromatic heterocycles. The lowest BCUT2D eigenvalue weighted by Gasteiger charge is -2.01. The smallest absolute Gasteiger partial charge is 0.178 e. The summed E-state index contributed by atoms with van der Waals surface area (Å²) in [5.74, 6) is -3.01. The third-order valence-electron chi connectivity index (χ3n) is 0.693. The molecule has 0 rings (SSSR count). The Hall–Kier alpha value is -0.860. The lowest BCUT2D eigenvalue weighted by Crippen LogP contribution is -2.19. The van der Waals surface area contributed by atoms with Gasteiger partial charge < -0.3 is 0 Å². The lowest BCUT2D eigenvalue weighted by atomic mass is 10.7. The highest BCUT2D eigenvalue weighted by Gasteiger charge is 2.38. The van der Waals surface area contributed by atoms with Gasteiger partial charge in [0.1, 0.15) is 0 Å². The van der Waals surface area contributed by atoms with E-state index < -0.39 is 23.5 Å². The van der Waals surface area contributed by atoms with Gasteiger partial charge in [0.15, 0.2) is 0 Å². The molecular weight excluding hydrogens is 244 g/mol. The molecule has 0 heterocycles. The van der Waals surface area contributed by atoms with Crippen molar-refractivity contribution in [1.82, 2.24) is 0 Å². The number of nitrogens with zero attached hydrogens (tertiary/aromatic N) is 2. The molecule has 0 N–H and O–H groups in total. The van der Waals surface area contributed by atoms with Gasteiger partial charge in [0.05, 0.1) is 0 Å². The SMILES string of the molecule is FC(=NN=C(Cl)C(F)(F)F)C(F)(F)F. The number of hydrogen-bond donors (Lipinski definition) is 0. The molecule has 0 amide bonds. The summed E-state index contributed by atoms with van der Waals surface area (Å²) in [6, 6.07) is 0. The third kappa shape index (κ3) is 4.40. The first kappa shape index (κ1) is 13.1. The third-order valence-corrected chi connectivity index (χ3v) is 0.983. The summed E-state index contributed by atoms with van der Waals surface area (Å²) < 4.78 is 80.0. The van der Waals surface area contributed by atoms with Crippen LogP contribution in [0, 0.1) is 0 Å². The van der Waals surface area contributed by atoms with Crippen molar-refractivity contribution in [3.8, 4) is 0 Å². The van der Waals surface area contributed by atoms with Crippen LogP contribution in [0.1, 0.15) is 0 Å². The molecule has 82 valence electrons. The first-order valence-electron chi connectivity index (χ1n) is 2.66. The van der Waals surface area contributed by atoms with Gasteiger partial charge >= 0.3 is 18.3 Å². The molecule has 0 aliphatic rings. The first-order valence-corrected chi connectivity index (χ1v) is 3.04. The minimum absolute atomic E-state index is 1.62. The zero-order valence-electron chi connectivity index (χ0n) is 5.92. The lowest BCUT2D eigenvalue weighted by molar-refractivity contribution is -0.0679. The molecular formula is C4ClF7N2. The predicted octanol–water partition coefficient (Wildman–Crippen LogP) is 3.03. The minimum atomic E-state index is -5.48. The highest BCUT2D eigenvalue weighted by atomic mass is 35.5. The Kier molecular flexibility index (Phi) is 3.86. The van der Waals surface area contributed by atoms with Crippen LogP contribution in [0.3, 0.4) is 0 Å². The van der Waals surface area contributed by atoms with Crippen LogP contribution in [0.5, 0.6) is 0 Å². The highest BCUT2D eigenvalue weighted by Crippen LogP contribution is 2.21. The Morgan fingerprint density at radius 3 is 1.57 bits per heavy atom. The van der Waals surface area contributed by atoms with E-state index in [-0.39, 0.29) is 0 Å². The van der Waals surface area contributed by atoms with E-state index in [1.807, 2.05) is 5.10 Å². The van der Waals surface area contributed by atoms with Crippen molar-refractivity contribution >= 4 is 22.7 Å². The van der Waals surface area contributed by atoms with Gasteiger partial charge in [-0.25, -0.2) is 0 Å². The average molecular weight is 244 g/mol. The Morgan fingerprint density at radius 2 is 1.29 bits per heavy atom. The maximum atomic E-state index is 11.8. The largest absolute Gasteiger partial charge is 0.463 e. The summed E-state index contributed by atoms with van der Waals surface area (Å²) in [7, 11) is 0. The molecule has 0 aromatic rings. The molecule has 0 fully saturated rings. The van der Waals surface area contributed by atoms with Gasteiger partial charge in [-0.1, -0.05) is 11.6 Å². The van der Waals surface area contributed by atoms with Gasteiger partial charge in [0.25, 0.3) is 0 Å². The van der Waals surface area contributed by atoms with Crippen LogP contribution in [0.4, 0.5) is 30.7 Å². The summed E-state index contributed by atoms with van der Waals surface area (Å²) in [5.41, 5.74) is 0. The second-order valence-corrected chi connectivity index (χ2v) is 2.14. The number of alkyl halides is 6. The van der Waals surface area contributed by atoms with Crippen LogP contribution in [0.25, 0.3) is 0 Å². The molecule has 0 radical (unpaired) electrons. The Bertz CT molecular complexity index is 234. The Balaban J connectivity index is 4.73. The molecule has 0 spiro atoms. The predicted molar refractivity (Wildman–Crippen MR) is 33.9 cm³/mol. The van der Waals surface area contributed by atoms with Crippen LogP contribution in [0.2, 0.25) is 0 Å². The quantitative estimate of drug-likeness (QED) is 0.385. The van der Waals surface area contributed by atoms with Crippen LogP contribution in [0.15, 0.2) is 10.2 Å². The molecule has 0 aliphatic heterocycles. The van der Waals surface area contributed by atoms with E-state index in [4.69, 9.17) is 0 Å². The van der Waals surface area contributed by atoms with Crippen molar-refractivity contribution in [2.45, 2.75) is 12.4 Å². The Labute approximate surface area is 77.1 Å². The average Bonchev–Trinajstić information content (AvgIpc) is 1.95. The summed E-state index contributed by atoms with van der Waals surface area (Å²) in [6.45, 7) is 0. The zero-order valence-corrected chi connectivity index (χ0v) is 6.67. The van der Waals surface area contributed by atoms with Gasteiger partial charge in [-0.05, 0) is 0 Å². The summed E-state index contributed by atoms with van der Waals surface area (Å²) in [5, 5.41) is 1.24. The van der Waals surface area contributed by atoms with Crippen LogP contribution in [-0.2, 0) is 0 Å². The monoisotopic (exact) mass is 244 g/mol. The fraction of sp³-hybridized carbons (Fsp3) is 0.500. The van der Waals surface area contributed by atoms with E-state index >= 15 is 0 Å². The fourth-order valence-corrected chi connectivity index (χ4v) is 0.239. The maximum Gasteiger partial charge on any atom is 0.463 e. The molecule has 0 bridgehead atoms. The van der Waals surface area contributed by atoms with E-state index in [0.717, 1.165) is 0 Å². The van der Waals surface area contributed by atoms with E-state index in [2.05, 4.69) is 11.6 Å². The molecule has 14 heavy (non-hydrogen) atoms. The topological polar surface area (TPSA) is 24.7 Å². The van der Waals surface area contributed by atoms with Crippen molar-refractivity contribution in [1.29, 1.82) is 0 Å². The van der Waals surface area contributed by atoms with Gasteiger partial charge in [-0.15, -0.1) is 10.2 Å². The van der Waals surface area contributed by atoms with Crippen molar-refractivity contribution < 1.29 is 30.7 Å². The Morgan fingerprint density at radius 1 is 0.857 bits per heavy atom. The second kappa shape index (κ2) is 4.11. The fourth-order valence-electron chi connectivity index (χ4n) is 0.201. The second-order valence-electron chi connectivity index (χ2n) is 1.78. The molecule has 0 saturated heterocycles. The standard InChI is InChI=1S/C4ClF7N2/c5-1(3(7,8)9)13-14-2(6)4(10,11)12. The van der Waals surface area contributed by atoms with E-state index in [1.54, 1.807) is 5.10 Å². The normalized spacial score (nSPS) is 16.0. The summed E-state index contributed by atoms with van der Waals surface area (Å²) in [6.07, 6.45) is -10.6. The maximum absolute atomic E-state index is 11.8. The van der Waals surface area contributed by atoms with Crippen LogP contribution >= 0.6 is 11.6 Å². The number of rotatable bonds is 1.